The van der Waals surface area contributed by atoms with E-state index in [4.69, 9.17) is 14.6 Å². The van der Waals surface area contributed by atoms with Gasteiger partial charge >= 0.3 is 5.97 Å². The van der Waals surface area contributed by atoms with Crippen LogP contribution in [-0.2, 0) is 19.1 Å². The van der Waals surface area contributed by atoms with Crippen molar-refractivity contribution in [2.45, 2.75) is 39.0 Å². The highest BCUT2D eigenvalue weighted by Crippen LogP contribution is 2.07. The van der Waals surface area contributed by atoms with E-state index in [1.54, 1.807) is 0 Å². The van der Waals surface area contributed by atoms with Crippen molar-refractivity contribution in [1.29, 1.82) is 0 Å². The highest BCUT2D eigenvalue weighted by molar-refractivity contribution is 5.69. The van der Waals surface area contributed by atoms with Crippen molar-refractivity contribution in [2.24, 2.45) is 5.92 Å². The van der Waals surface area contributed by atoms with Gasteiger partial charge in [-0.15, -0.1) is 0 Å². The van der Waals surface area contributed by atoms with E-state index in [0.717, 1.165) is 19.1 Å². The van der Waals surface area contributed by atoms with Gasteiger partial charge in [-0.05, 0) is 18.8 Å². The number of aldehydes is 1. The summed E-state index contributed by atoms with van der Waals surface area (Å²) in [5.74, 6) is 0.0217. The van der Waals surface area contributed by atoms with Crippen LogP contribution in [0.3, 0.4) is 0 Å². The smallest absolute Gasteiger partial charge is 0.305 e. The van der Waals surface area contributed by atoms with E-state index >= 15 is 0 Å². The van der Waals surface area contributed by atoms with Gasteiger partial charge in [0.2, 0.25) is 0 Å². The predicted octanol–water partition coefficient (Wildman–Crippen LogP) is 1.32. The summed E-state index contributed by atoms with van der Waals surface area (Å²) >= 11 is 0. The van der Waals surface area contributed by atoms with Gasteiger partial charge in [0, 0.05) is 26.1 Å². The second kappa shape index (κ2) is 12.5. The van der Waals surface area contributed by atoms with E-state index in [-0.39, 0.29) is 19.2 Å². The average Bonchev–Trinajstić information content (AvgIpc) is 2.38. The summed E-state index contributed by atoms with van der Waals surface area (Å²) in [4.78, 5) is 21.4. The van der Waals surface area contributed by atoms with Gasteiger partial charge in [-0.2, -0.15) is 0 Å². The molecule has 0 heterocycles. The van der Waals surface area contributed by atoms with E-state index in [9.17, 15) is 9.59 Å². The Morgan fingerprint density at radius 1 is 1.33 bits per heavy atom. The summed E-state index contributed by atoms with van der Waals surface area (Å²) < 4.78 is 10.2. The van der Waals surface area contributed by atoms with Crippen molar-refractivity contribution in [3.8, 4) is 0 Å². The van der Waals surface area contributed by atoms with Gasteiger partial charge in [0.15, 0.2) is 0 Å². The number of rotatable bonds is 12. The monoisotopic (exact) mass is 260 g/mol. The Bertz CT molecular complexity index is 217. The fourth-order valence-corrected chi connectivity index (χ4v) is 1.44. The lowest BCUT2D eigenvalue weighted by molar-refractivity contribution is -0.144. The number of hydrogen-bond acceptors (Lipinski definition) is 5. The fourth-order valence-electron chi connectivity index (χ4n) is 1.44. The SMILES string of the molecule is CC[C@@H](CC=O)COCCCCC(=O)OCCO. The van der Waals surface area contributed by atoms with Crippen molar-refractivity contribution in [3.05, 3.63) is 0 Å². The average molecular weight is 260 g/mol. The van der Waals surface area contributed by atoms with Crippen LogP contribution in [0, 0.1) is 5.92 Å². The van der Waals surface area contributed by atoms with Gasteiger partial charge in [-0.25, -0.2) is 0 Å². The standard InChI is InChI=1S/C13H24O5/c1-2-12(6-7-14)11-17-9-4-3-5-13(16)18-10-8-15/h7,12,15H,2-6,8-11H2,1H3/t12-/m0/s1. The summed E-state index contributed by atoms with van der Waals surface area (Å²) in [6, 6.07) is 0. The molecule has 0 saturated carbocycles. The van der Waals surface area contributed by atoms with Crippen molar-refractivity contribution < 1.29 is 24.2 Å². The lowest BCUT2D eigenvalue weighted by Gasteiger charge is -2.11. The molecule has 0 aliphatic rings. The molecule has 1 atom stereocenters. The molecule has 0 spiro atoms. The van der Waals surface area contributed by atoms with Gasteiger partial charge in [0.25, 0.3) is 0 Å². The Morgan fingerprint density at radius 2 is 2.11 bits per heavy atom. The number of unbranched alkanes of at least 4 members (excludes halogenated alkanes) is 1. The minimum Gasteiger partial charge on any atom is -0.463 e. The molecule has 0 aliphatic carbocycles. The van der Waals surface area contributed by atoms with Gasteiger partial charge in [0.1, 0.15) is 12.9 Å². The first-order valence-electron chi connectivity index (χ1n) is 6.52. The first kappa shape index (κ1) is 17.1. The molecular formula is C13H24O5. The molecule has 1 N–H and O–H groups in total. The van der Waals surface area contributed by atoms with Crippen LogP contribution in [0.5, 0.6) is 0 Å². The molecule has 18 heavy (non-hydrogen) atoms. The van der Waals surface area contributed by atoms with Crippen LogP contribution in [0.1, 0.15) is 39.0 Å². The molecule has 0 amide bonds. The van der Waals surface area contributed by atoms with Gasteiger partial charge < -0.3 is 19.4 Å². The Morgan fingerprint density at radius 3 is 2.72 bits per heavy atom. The largest absolute Gasteiger partial charge is 0.463 e. The second-order valence-corrected chi connectivity index (χ2v) is 4.15. The predicted molar refractivity (Wildman–Crippen MR) is 67.2 cm³/mol. The van der Waals surface area contributed by atoms with E-state index in [1.807, 2.05) is 6.92 Å². The molecule has 0 rings (SSSR count). The lowest BCUT2D eigenvalue weighted by Crippen LogP contribution is -2.11. The molecule has 0 aromatic carbocycles. The Labute approximate surface area is 108 Å². The summed E-state index contributed by atoms with van der Waals surface area (Å²) in [5, 5.41) is 8.45. The third kappa shape index (κ3) is 10.2. The molecule has 0 aromatic heterocycles. The number of hydrogen-bond donors (Lipinski definition) is 1. The Hall–Kier alpha value is -0.940. The third-order valence-corrected chi connectivity index (χ3v) is 2.63. The molecule has 0 fully saturated rings. The van der Waals surface area contributed by atoms with Gasteiger partial charge in [-0.3, -0.25) is 4.79 Å². The number of carbonyl (C=O) groups excluding carboxylic acids is 2. The molecule has 106 valence electrons. The minimum absolute atomic E-state index is 0.0687. The summed E-state index contributed by atoms with van der Waals surface area (Å²) in [5.41, 5.74) is 0. The molecule has 0 unspecified atom stereocenters. The number of ether oxygens (including phenoxy) is 2. The zero-order valence-electron chi connectivity index (χ0n) is 11.1. The maximum atomic E-state index is 11.1. The van der Waals surface area contributed by atoms with Crippen LogP contribution in [-0.4, -0.2) is 43.8 Å². The maximum Gasteiger partial charge on any atom is 0.305 e. The molecule has 0 saturated heterocycles. The number of esters is 1. The van der Waals surface area contributed by atoms with E-state index in [2.05, 4.69) is 0 Å². The van der Waals surface area contributed by atoms with E-state index < -0.39 is 0 Å². The first-order valence-corrected chi connectivity index (χ1v) is 6.52. The topological polar surface area (TPSA) is 72.8 Å². The molecule has 0 radical (unpaired) electrons. The quantitative estimate of drug-likeness (QED) is 0.325. The zero-order chi connectivity index (χ0) is 13.6. The Kier molecular flexibility index (Phi) is 11.9. The van der Waals surface area contributed by atoms with Crippen LogP contribution < -0.4 is 0 Å². The number of carbonyl (C=O) groups is 2. The highest BCUT2D eigenvalue weighted by Gasteiger charge is 2.06. The van der Waals surface area contributed by atoms with Gasteiger partial charge in [0.05, 0.1) is 6.61 Å². The molecular weight excluding hydrogens is 236 g/mol. The van der Waals surface area contributed by atoms with E-state index in [1.165, 1.54) is 0 Å². The third-order valence-electron chi connectivity index (χ3n) is 2.63. The van der Waals surface area contributed by atoms with Crippen molar-refractivity contribution in [3.63, 3.8) is 0 Å². The van der Waals surface area contributed by atoms with Crippen LogP contribution >= 0.6 is 0 Å². The summed E-state index contributed by atoms with van der Waals surface area (Å²) in [6.07, 6.45) is 4.28. The molecule has 5 heteroatoms. The molecule has 0 bridgehead atoms. The Balaban J connectivity index is 3.34. The minimum atomic E-state index is -0.281. The number of aliphatic hydroxyl groups is 1. The fraction of sp³-hybridized carbons (Fsp3) is 0.846. The van der Waals surface area contributed by atoms with Crippen LogP contribution in [0.15, 0.2) is 0 Å². The van der Waals surface area contributed by atoms with Crippen molar-refractivity contribution in [2.75, 3.05) is 26.4 Å². The van der Waals surface area contributed by atoms with Crippen molar-refractivity contribution >= 4 is 12.3 Å². The van der Waals surface area contributed by atoms with E-state index in [0.29, 0.717) is 38.4 Å². The van der Waals surface area contributed by atoms with Crippen LogP contribution in [0.2, 0.25) is 0 Å². The maximum absolute atomic E-state index is 11.1. The van der Waals surface area contributed by atoms with Crippen LogP contribution in [0.4, 0.5) is 0 Å². The first-order chi connectivity index (χ1) is 8.74. The van der Waals surface area contributed by atoms with Crippen LogP contribution in [0.25, 0.3) is 0 Å². The lowest BCUT2D eigenvalue weighted by atomic mass is 10.1. The second-order valence-electron chi connectivity index (χ2n) is 4.15. The molecule has 0 aromatic rings. The number of aliphatic hydroxyl groups excluding tert-OH is 1. The molecule has 5 nitrogen and oxygen atoms in total. The van der Waals surface area contributed by atoms with Gasteiger partial charge in [-0.1, -0.05) is 13.3 Å². The highest BCUT2D eigenvalue weighted by atomic mass is 16.5. The summed E-state index contributed by atoms with van der Waals surface area (Å²) in [7, 11) is 0. The molecule has 0 aliphatic heterocycles. The van der Waals surface area contributed by atoms with Crippen molar-refractivity contribution in [1.82, 2.24) is 0 Å². The normalized spacial score (nSPS) is 12.1. The zero-order valence-corrected chi connectivity index (χ0v) is 11.1. The summed E-state index contributed by atoms with van der Waals surface area (Å²) in [6.45, 7) is 3.17.